The van der Waals surface area contributed by atoms with Crippen LogP contribution in [0.1, 0.15) is 0 Å². The molecule has 0 radical (unpaired) electrons. The van der Waals surface area contributed by atoms with Crippen molar-refractivity contribution in [3.8, 4) is 11.5 Å². The van der Waals surface area contributed by atoms with Crippen molar-refractivity contribution in [1.82, 2.24) is 0 Å². The number of fused-ring (bicyclic) bond motifs is 2. The SMILES string of the molecule is O=C1CNc2cc3c(cc2N1CCO)OCCO3. The summed E-state index contributed by atoms with van der Waals surface area (Å²) in [6.45, 7) is 1.48. The van der Waals surface area contributed by atoms with Crippen LogP contribution in [0.4, 0.5) is 11.4 Å². The van der Waals surface area contributed by atoms with E-state index in [2.05, 4.69) is 5.32 Å². The minimum Gasteiger partial charge on any atom is -0.486 e. The number of hydrogen-bond donors (Lipinski definition) is 2. The van der Waals surface area contributed by atoms with Gasteiger partial charge in [-0.15, -0.1) is 0 Å². The molecule has 0 bridgehead atoms. The first-order chi connectivity index (χ1) is 8.79. The Hall–Kier alpha value is -1.95. The number of aliphatic hydroxyl groups excluding tert-OH is 1. The molecule has 2 N–H and O–H groups in total. The van der Waals surface area contributed by atoms with Gasteiger partial charge in [-0.3, -0.25) is 4.79 Å². The molecule has 1 amide bonds. The fourth-order valence-electron chi connectivity index (χ4n) is 2.19. The van der Waals surface area contributed by atoms with Crippen LogP contribution >= 0.6 is 0 Å². The van der Waals surface area contributed by atoms with E-state index in [1.165, 1.54) is 0 Å². The summed E-state index contributed by atoms with van der Waals surface area (Å²) in [6, 6.07) is 3.62. The smallest absolute Gasteiger partial charge is 0.246 e. The number of amides is 1. The van der Waals surface area contributed by atoms with Gasteiger partial charge in [0.2, 0.25) is 5.91 Å². The molecule has 96 valence electrons. The fourth-order valence-corrected chi connectivity index (χ4v) is 2.19. The Morgan fingerprint density at radius 3 is 2.72 bits per heavy atom. The highest BCUT2D eigenvalue weighted by atomic mass is 16.6. The van der Waals surface area contributed by atoms with Crippen LogP contribution < -0.4 is 19.7 Å². The van der Waals surface area contributed by atoms with Crippen LogP contribution in [0.2, 0.25) is 0 Å². The van der Waals surface area contributed by atoms with E-state index in [1.807, 2.05) is 6.07 Å². The molecule has 0 aromatic heterocycles. The molecule has 0 unspecified atom stereocenters. The molecule has 18 heavy (non-hydrogen) atoms. The second-order valence-corrected chi connectivity index (χ2v) is 4.14. The highest BCUT2D eigenvalue weighted by Crippen LogP contribution is 2.41. The van der Waals surface area contributed by atoms with Crippen molar-refractivity contribution in [2.24, 2.45) is 0 Å². The van der Waals surface area contributed by atoms with Gasteiger partial charge in [0.25, 0.3) is 0 Å². The number of carbonyl (C=O) groups is 1. The number of anilines is 2. The number of β-amino-alcohol motifs (C(OH)–C–C–N with tert-alkyl or cyclic N) is 1. The maximum absolute atomic E-state index is 11.8. The second-order valence-electron chi connectivity index (χ2n) is 4.14. The lowest BCUT2D eigenvalue weighted by Gasteiger charge is -2.31. The summed E-state index contributed by atoms with van der Waals surface area (Å²) in [7, 11) is 0. The summed E-state index contributed by atoms with van der Waals surface area (Å²) in [5.41, 5.74) is 1.55. The first kappa shape index (κ1) is 11.2. The van der Waals surface area contributed by atoms with Gasteiger partial charge in [0, 0.05) is 18.7 Å². The van der Waals surface area contributed by atoms with Crippen molar-refractivity contribution in [2.75, 3.05) is 43.1 Å². The number of aliphatic hydroxyl groups is 1. The highest BCUT2D eigenvalue weighted by molar-refractivity contribution is 6.03. The fraction of sp³-hybridized carbons (Fsp3) is 0.417. The largest absolute Gasteiger partial charge is 0.486 e. The molecule has 6 nitrogen and oxygen atoms in total. The summed E-state index contributed by atoms with van der Waals surface area (Å²) in [5.74, 6) is 1.26. The lowest BCUT2D eigenvalue weighted by atomic mass is 10.1. The van der Waals surface area contributed by atoms with Crippen LogP contribution in [0.25, 0.3) is 0 Å². The van der Waals surface area contributed by atoms with E-state index < -0.39 is 0 Å². The summed E-state index contributed by atoms with van der Waals surface area (Å²) < 4.78 is 11.0. The highest BCUT2D eigenvalue weighted by Gasteiger charge is 2.26. The Labute approximate surface area is 104 Å². The van der Waals surface area contributed by atoms with Crippen molar-refractivity contribution in [3.63, 3.8) is 0 Å². The van der Waals surface area contributed by atoms with Gasteiger partial charge in [-0.05, 0) is 0 Å². The Morgan fingerprint density at radius 1 is 1.28 bits per heavy atom. The number of nitrogens with zero attached hydrogens (tertiary/aromatic N) is 1. The molecular weight excluding hydrogens is 236 g/mol. The minimum atomic E-state index is -0.0698. The predicted molar refractivity (Wildman–Crippen MR) is 65.4 cm³/mol. The van der Waals surface area contributed by atoms with Crippen LogP contribution in [0.3, 0.4) is 0 Å². The molecule has 3 rings (SSSR count). The molecule has 6 heteroatoms. The van der Waals surface area contributed by atoms with Crippen molar-refractivity contribution in [2.45, 2.75) is 0 Å². The zero-order chi connectivity index (χ0) is 12.5. The van der Waals surface area contributed by atoms with Crippen LogP contribution in [-0.4, -0.2) is 43.9 Å². The first-order valence-electron chi connectivity index (χ1n) is 5.88. The van der Waals surface area contributed by atoms with E-state index in [1.54, 1.807) is 11.0 Å². The van der Waals surface area contributed by atoms with E-state index in [0.717, 1.165) is 11.4 Å². The van der Waals surface area contributed by atoms with Crippen LogP contribution in [-0.2, 0) is 4.79 Å². The Bertz CT molecular complexity index is 489. The quantitative estimate of drug-likeness (QED) is 0.785. The molecule has 1 aromatic rings. The standard InChI is InChI=1S/C12H14N2O4/c15-2-1-14-9-6-11-10(17-3-4-18-11)5-8(9)13-7-12(14)16/h5-6,13,15H,1-4,7H2. The lowest BCUT2D eigenvalue weighted by Crippen LogP contribution is -2.41. The molecular formula is C12H14N2O4. The molecule has 0 fully saturated rings. The van der Waals surface area contributed by atoms with Crippen molar-refractivity contribution < 1.29 is 19.4 Å². The van der Waals surface area contributed by atoms with Gasteiger partial charge in [-0.25, -0.2) is 0 Å². The predicted octanol–water partition coefficient (Wildman–Crippen LogP) is 0.209. The van der Waals surface area contributed by atoms with E-state index >= 15 is 0 Å². The van der Waals surface area contributed by atoms with Crippen molar-refractivity contribution in [3.05, 3.63) is 12.1 Å². The van der Waals surface area contributed by atoms with E-state index in [-0.39, 0.29) is 25.6 Å². The molecule has 0 saturated carbocycles. The number of hydrogen-bond acceptors (Lipinski definition) is 5. The third kappa shape index (κ3) is 1.74. The summed E-state index contributed by atoms with van der Waals surface area (Å²) in [6.07, 6.45) is 0. The van der Waals surface area contributed by atoms with E-state index in [0.29, 0.717) is 24.7 Å². The zero-order valence-corrected chi connectivity index (χ0v) is 9.81. The van der Waals surface area contributed by atoms with E-state index in [9.17, 15) is 4.79 Å². The molecule has 0 atom stereocenters. The van der Waals surface area contributed by atoms with Gasteiger partial charge in [-0.2, -0.15) is 0 Å². The lowest BCUT2D eigenvalue weighted by molar-refractivity contribution is -0.117. The van der Waals surface area contributed by atoms with Crippen LogP contribution in [0.5, 0.6) is 11.5 Å². The summed E-state index contributed by atoms with van der Waals surface area (Å²) in [4.78, 5) is 13.4. The Morgan fingerprint density at radius 2 is 2.00 bits per heavy atom. The number of benzene rings is 1. The average Bonchev–Trinajstić information content (AvgIpc) is 2.40. The van der Waals surface area contributed by atoms with E-state index in [4.69, 9.17) is 14.6 Å². The molecule has 0 aliphatic carbocycles. The molecule has 1 aromatic carbocycles. The van der Waals surface area contributed by atoms with Gasteiger partial charge in [0.05, 0.1) is 24.5 Å². The molecule has 2 aliphatic rings. The van der Waals surface area contributed by atoms with Crippen molar-refractivity contribution >= 4 is 17.3 Å². The van der Waals surface area contributed by atoms with Crippen molar-refractivity contribution in [1.29, 1.82) is 0 Å². The monoisotopic (exact) mass is 250 g/mol. The summed E-state index contributed by atoms with van der Waals surface area (Å²) in [5, 5.41) is 12.1. The second kappa shape index (κ2) is 4.38. The average molecular weight is 250 g/mol. The maximum Gasteiger partial charge on any atom is 0.246 e. The maximum atomic E-state index is 11.8. The van der Waals surface area contributed by atoms with Gasteiger partial charge in [0.15, 0.2) is 11.5 Å². The molecule has 0 saturated heterocycles. The zero-order valence-electron chi connectivity index (χ0n) is 9.81. The Balaban J connectivity index is 2.03. The third-order valence-corrected chi connectivity index (χ3v) is 3.01. The van der Waals surface area contributed by atoms with Gasteiger partial charge < -0.3 is 24.8 Å². The topological polar surface area (TPSA) is 71.0 Å². The number of ether oxygens (including phenoxy) is 2. The first-order valence-corrected chi connectivity index (χ1v) is 5.88. The third-order valence-electron chi connectivity index (χ3n) is 3.01. The van der Waals surface area contributed by atoms with Gasteiger partial charge >= 0.3 is 0 Å². The molecule has 0 spiro atoms. The van der Waals surface area contributed by atoms with Gasteiger partial charge in [-0.1, -0.05) is 0 Å². The van der Waals surface area contributed by atoms with Gasteiger partial charge in [0.1, 0.15) is 13.2 Å². The minimum absolute atomic E-state index is 0.0618. The number of rotatable bonds is 2. The molecule has 2 aliphatic heterocycles. The Kier molecular flexibility index (Phi) is 2.71. The van der Waals surface area contributed by atoms with Crippen LogP contribution in [0, 0.1) is 0 Å². The number of carbonyl (C=O) groups excluding carboxylic acids is 1. The number of nitrogens with one attached hydrogen (secondary N) is 1. The van der Waals surface area contributed by atoms with Crippen LogP contribution in [0.15, 0.2) is 12.1 Å². The normalized spacial score (nSPS) is 17.2. The summed E-state index contributed by atoms with van der Waals surface area (Å²) >= 11 is 0. The molecule has 2 heterocycles.